The molecule has 1 N–H and O–H groups in total. The van der Waals surface area contributed by atoms with E-state index in [1.54, 1.807) is 6.92 Å². The minimum atomic E-state index is -0.587. The standard InChI is InChI=1S/C18H18N2O4/c1-4-13-17(11(3)24-20-13)18(22)23-9-15(21)16-10(2)19-14-8-6-5-7-12(14)16/h5-8,19H,4,9H2,1-3H3. The highest BCUT2D eigenvalue weighted by Crippen LogP contribution is 2.22. The molecule has 6 heteroatoms. The summed E-state index contributed by atoms with van der Waals surface area (Å²) in [5.74, 6) is -0.436. The molecule has 0 radical (unpaired) electrons. The molecule has 2 heterocycles. The number of nitrogens with zero attached hydrogens (tertiary/aromatic N) is 1. The molecule has 124 valence electrons. The number of rotatable bonds is 5. The third-order valence-corrected chi connectivity index (χ3v) is 3.98. The summed E-state index contributed by atoms with van der Waals surface area (Å²) in [5.41, 5.74) is 3.03. The minimum absolute atomic E-state index is 0.245. The molecule has 0 fully saturated rings. The van der Waals surface area contributed by atoms with Gasteiger partial charge in [0.1, 0.15) is 11.3 Å². The van der Waals surface area contributed by atoms with Crippen LogP contribution in [-0.4, -0.2) is 28.5 Å². The zero-order valence-corrected chi connectivity index (χ0v) is 13.8. The fraction of sp³-hybridized carbons (Fsp3) is 0.278. The summed E-state index contributed by atoms with van der Waals surface area (Å²) in [6.07, 6.45) is 0.553. The number of aromatic nitrogens is 2. The average molecular weight is 326 g/mol. The highest BCUT2D eigenvalue weighted by atomic mass is 16.5. The second-order valence-electron chi connectivity index (χ2n) is 5.58. The van der Waals surface area contributed by atoms with Crippen molar-refractivity contribution in [3.63, 3.8) is 0 Å². The van der Waals surface area contributed by atoms with Crippen LogP contribution in [0, 0.1) is 13.8 Å². The maximum absolute atomic E-state index is 12.5. The van der Waals surface area contributed by atoms with Crippen molar-refractivity contribution < 1.29 is 18.8 Å². The monoisotopic (exact) mass is 326 g/mol. The van der Waals surface area contributed by atoms with Gasteiger partial charge in [0, 0.05) is 22.2 Å². The van der Waals surface area contributed by atoms with Gasteiger partial charge in [-0.05, 0) is 26.3 Å². The van der Waals surface area contributed by atoms with Crippen molar-refractivity contribution >= 4 is 22.7 Å². The van der Waals surface area contributed by atoms with Crippen LogP contribution in [0.5, 0.6) is 0 Å². The molecule has 0 bridgehead atoms. The molecule has 0 amide bonds. The van der Waals surface area contributed by atoms with E-state index in [2.05, 4.69) is 10.1 Å². The quantitative estimate of drug-likeness (QED) is 0.574. The van der Waals surface area contributed by atoms with Crippen LogP contribution >= 0.6 is 0 Å². The van der Waals surface area contributed by atoms with Crippen LogP contribution in [-0.2, 0) is 11.2 Å². The summed E-state index contributed by atoms with van der Waals surface area (Å²) in [7, 11) is 0. The first kappa shape index (κ1) is 16.0. The molecule has 1 aromatic carbocycles. The third-order valence-electron chi connectivity index (χ3n) is 3.98. The lowest BCUT2D eigenvalue weighted by molar-refractivity contribution is 0.0472. The van der Waals surface area contributed by atoms with Gasteiger partial charge < -0.3 is 14.2 Å². The fourth-order valence-corrected chi connectivity index (χ4v) is 2.83. The predicted octanol–water partition coefficient (Wildman–Crippen LogP) is 3.37. The zero-order chi connectivity index (χ0) is 17.3. The number of carbonyl (C=O) groups excluding carboxylic acids is 2. The highest BCUT2D eigenvalue weighted by molar-refractivity contribution is 6.10. The summed E-state index contributed by atoms with van der Waals surface area (Å²) in [6.45, 7) is 5.02. The Morgan fingerprint density at radius 3 is 2.71 bits per heavy atom. The number of ether oxygens (including phenoxy) is 1. The maximum Gasteiger partial charge on any atom is 0.344 e. The van der Waals surface area contributed by atoms with Gasteiger partial charge in [0.2, 0.25) is 5.78 Å². The van der Waals surface area contributed by atoms with Crippen LogP contribution in [0.15, 0.2) is 28.8 Å². The molecule has 0 aliphatic heterocycles. The van der Waals surface area contributed by atoms with E-state index in [4.69, 9.17) is 9.26 Å². The molecule has 24 heavy (non-hydrogen) atoms. The topological polar surface area (TPSA) is 85.2 Å². The van der Waals surface area contributed by atoms with Crippen molar-refractivity contribution in [2.45, 2.75) is 27.2 Å². The Hall–Kier alpha value is -2.89. The lowest BCUT2D eigenvalue weighted by atomic mass is 10.1. The lowest BCUT2D eigenvalue weighted by Crippen LogP contribution is -2.16. The number of para-hydroxylation sites is 1. The van der Waals surface area contributed by atoms with E-state index < -0.39 is 5.97 Å². The second kappa shape index (κ2) is 6.31. The number of nitrogens with one attached hydrogen (secondary N) is 1. The number of Topliss-reactive ketones (excluding diaryl/α,β-unsaturated/α-hetero) is 1. The lowest BCUT2D eigenvalue weighted by Gasteiger charge is -2.05. The number of fused-ring (bicyclic) bond motifs is 1. The molecule has 0 aliphatic rings. The number of carbonyl (C=O) groups is 2. The SMILES string of the molecule is CCc1noc(C)c1C(=O)OCC(=O)c1c(C)[nH]c2ccccc12. The van der Waals surface area contributed by atoms with Crippen LogP contribution in [0.1, 0.15) is 44.8 Å². The molecule has 0 atom stereocenters. The van der Waals surface area contributed by atoms with E-state index in [-0.39, 0.29) is 12.4 Å². The number of hydrogen-bond acceptors (Lipinski definition) is 5. The van der Waals surface area contributed by atoms with E-state index in [0.29, 0.717) is 29.0 Å². The first-order valence-corrected chi connectivity index (χ1v) is 7.75. The van der Waals surface area contributed by atoms with Crippen molar-refractivity contribution in [2.75, 3.05) is 6.61 Å². The van der Waals surface area contributed by atoms with E-state index >= 15 is 0 Å². The van der Waals surface area contributed by atoms with Crippen LogP contribution < -0.4 is 0 Å². The molecule has 0 aliphatic carbocycles. The van der Waals surface area contributed by atoms with Crippen molar-refractivity contribution in [3.8, 4) is 0 Å². The average Bonchev–Trinajstić information content (AvgIpc) is 3.11. The van der Waals surface area contributed by atoms with E-state index in [9.17, 15) is 9.59 Å². The van der Waals surface area contributed by atoms with Gasteiger partial charge in [0.25, 0.3) is 0 Å². The number of ketones is 1. The molecule has 6 nitrogen and oxygen atoms in total. The molecule has 2 aromatic heterocycles. The molecule has 0 unspecified atom stereocenters. The third kappa shape index (κ3) is 2.71. The Morgan fingerprint density at radius 1 is 1.21 bits per heavy atom. The Balaban J connectivity index is 1.79. The molecule has 0 spiro atoms. The summed E-state index contributed by atoms with van der Waals surface area (Å²) >= 11 is 0. The van der Waals surface area contributed by atoms with Gasteiger partial charge in [-0.15, -0.1) is 0 Å². The summed E-state index contributed by atoms with van der Waals surface area (Å²) in [4.78, 5) is 27.9. The van der Waals surface area contributed by atoms with Gasteiger partial charge in [-0.2, -0.15) is 0 Å². The second-order valence-corrected chi connectivity index (χ2v) is 5.58. The van der Waals surface area contributed by atoms with Gasteiger partial charge in [-0.3, -0.25) is 4.79 Å². The van der Waals surface area contributed by atoms with Gasteiger partial charge >= 0.3 is 5.97 Å². The van der Waals surface area contributed by atoms with Gasteiger partial charge in [0.05, 0.1) is 5.69 Å². The van der Waals surface area contributed by atoms with E-state index in [0.717, 1.165) is 16.6 Å². The number of H-pyrrole nitrogens is 1. The van der Waals surface area contributed by atoms with Crippen LogP contribution in [0.25, 0.3) is 10.9 Å². The van der Waals surface area contributed by atoms with Crippen molar-refractivity contribution in [1.29, 1.82) is 0 Å². The first-order valence-electron chi connectivity index (χ1n) is 7.75. The van der Waals surface area contributed by atoms with Crippen molar-refractivity contribution in [3.05, 3.63) is 52.5 Å². The predicted molar refractivity (Wildman–Crippen MR) is 88.3 cm³/mol. The van der Waals surface area contributed by atoms with Crippen LogP contribution in [0.4, 0.5) is 0 Å². The van der Waals surface area contributed by atoms with Crippen LogP contribution in [0.3, 0.4) is 0 Å². The summed E-state index contributed by atoms with van der Waals surface area (Å²) < 4.78 is 10.2. The largest absolute Gasteiger partial charge is 0.454 e. The Kier molecular flexibility index (Phi) is 4.20. The summed E-state index contributed by atoms with van der Waals surface area (Å²) in [5, 5.41) is 4.65. The summed E-state index contributed by atoms with van der Waals surface area (Å²) in [6, 6.07) is 7.53. The first-order chi connectivity index (χ1) is 11.5. The Bertz CT molecular complexity index is 920. The Labute approximate surface area is 138 Å². The van der Waals surface area contributed by atoms with Crippen LogP contribution in [0.2, 0.25) is 0 Å². The molecule has 0 saturated heterocycles. The van der Waals surface area contributed by atoms with E-state index in [1.807, 2.05) is 38.1 Å². The number of aromatic amines is 1. The number of benzene rings is 1. The number of aryl methyl sites for hydroxylation is 3. The van der Waals surface area contributed by atoms with Gasteiger partial charge in [-0.1, -0.05) is 30.3 Å². The molecular weight excluding hydrogens is 308 g/mol. The van der Waals surface area contributed by atoms with Gasteiger partial charge in [-0.25, -0.2) is 4.79 Å². The highest BCUT2D eigenvalue weighted by Gasteiger charge is 2.23. The number of hydrogen-bond donors (Lipinski definition) is 1. The Morgan fingerprint density at radius 2 is 1.96 bits per heavy atom. The zero-order valence-electron chi connectivity index (χ0n) is 13.8. The van der Waals surface area contributed by atoms with Gasteiger partial charge in [0.15, 0.2) is 6.61 Å². The van der Waals surface area contributed by atoms with Crippen molar-refractivity contribution in [2.24, 2.45) is 0 Å². The molecule has 3 aromatic rings. The van der Waals surface area contributed by atoms with E-state index in [1.165, 1.54) is 0 Å². The smallest absolute Gasteiger partial charge is 0.344 e. The molecular formula is C18H18N2O4. The minimum Gasteiger partial charge on any atom is -0.454 e. The number of esters is 1. The fourth-order valence-electron chi connectivity index (χ4n) is 2.83. The molecule has 0 saturated carbocycles. The normalized spacial score (nSPS) is 11.0. The molecule has 3 rings (SSSR count). The maximum atomic E-state index is 12.5. The van der Waals surface area contributed by atoms with Crippen molar-refractivity contribution in [1.82, 2.24) is 10.1 Å².